The quantitative estimate of drug-likeness (QED) is 0.459. The number of anilines is 1. The lowest BCUT2D eigenvalue weighted by atomic mass is 10.1. The molecule has 6 heteroatoms. The van der Waals surface area contributed by atoms with E-state index >= 15 is 0 Å². The van der Waals surface area contributed by atoms with Gasteiger partial charge in [-0.25, -0.2) is 0 Å². The predicted octanol–water partition coefficient (Wildman–Crippen LogP) is 3.81. The molecular weight excluding hydrogens is 344 g/mol. The van der Waals surface area contributed by atoms with Gasteiger partial charge in [-0.3, -0.25) is 4.79 Å². The molecule has 1 amide bonds. The van der Waals surface area contributed by atoms with Gasteiger partial charge in [0.25, 0.3) is 5.91 Å². The Bertz CT molecular complexity index is 911. The van der Waals surface area contributed by atoms with Crippen molar-refractivity contribution in [1.29, 1.82) is 5.26 Å². The smallest absolute Gasteiger partial charge is 0.266 e. The molecule has 0 fully saturated rings. The molecule has 0 spiro atoms. The normalized spacial score (nSPS) is 11.0. The molecule has 0 bridgehead atoms. The molecule has 6 nitrogen and oxygen atoms in total. The lowest BCUT2D eigenvalue weighted by Gasteiger charge is -2.10. The van der Waals surface area contributed by atoms with Crippen LogP contribution in [-0.2, 0) is 4.79 Å². The van der Waals surface area contributed by atoms with Crippen LogP contribution < -0.4 is 19.5 Å². The molecule has 2 aromatic rings. The molecule has 0 aliphatic rings. The van der Waals surface area contributed by atoms with Crippen LogP contribution in [0.1, 0.15) is 5.56 Å². The molecule has 2 aromatic carbocycles. The van der Waals surface area contributed by atoms with Crippen LogP contribution >= 0.6 is 0 Å². The van der Waals surface area contributed by atoms with Gasteiger partial charge in [-0.15, -0.1) is 0 Å². The zero-order valence-electron chi connectivity index (χ0n) is 15.4. The van der Waals surface area contributed by atoms with Gasteiger partial charge < -0.3 is 19.5 Å². The zero-order chi connectivity index (χ0) is 19.6. The van der Waals surface area contributed by atoms with Gasteiger partial charge in [0.05, 0.1) is 21.3 Å². The van der Waals surface area contributed by atoms with Gasteiger partial charge in [0.15, 0.2) is 11.5 Å². The summed E-state index contributed by atoms with van der Waals surface area (Å²) in [4.78, 5) is 12.3. The van der Waals surface area contributed by atoms with Crippen LogP contribution in [-0.4, -0.2) is 27.2 Å². The summed E-state index contributed by atoms with van der Waals surface area (Å²) in [6.45, 7) is 0. The zero-order valence-corrected chi connectivity index (χ0v) is 15.4. The van der Waals surface area contributed by atoms with Crippen molar-refractivity contribution in [3.63, 3.8) is 0 Å². The van der Waals surface area contributed by atoms with Crippen LogP contribution in [0.2, 0.25) is 0 Å². The average Bonchev–Trinajstić information content (AvgIpc) is 2.71. The van der Waals surface area contributed by atoms with E-state index in [1.54, 1.807) is 37.5 Å². The molecule has 138 valence electrons. The van der Waals surface area contributed by atoms with Crippen LogP contribution in [0.4, 0.5) is 5.69 Å². The number of ether oxygens (including phenoxy) is 3. The third-order valence-corrected chi connectivity index (χ3v) is 3.68. The summed E-state index contributed by atoms with van der Waals surface area (Å²) in [6.07, 6.45) is 4.84. The lowest BCUT2D eigenvalue weighted by Crippen LogP contribution is -2.13. The fourth-order valence-corrected chi connectivity index (χ4v) is 2.33. The van der Waals surface area contributed by atoms with Gasteiger partial charge in [-0.2, -0.15) is 5.26 Å². The van der Waals surface area contributed by atoms with Crippen LogP contribution in [0.3, 0.4) is 0 Å². The van der Waals surface area contributed by atoms with Crippen molar-refractivity contribution in [2.45, 2.75) is 0 Å². The summed E-state index contributed by atoms with van der Waals surface area (Å²) in [7, 11) is 4.62. The van der Waals surface area contributed by atoms with E-state index in [9.17, 15) is 10.1 Å². The van der Waals surface area contributed by atoms with Crippen molar-refractivity contribution in [2.24, 2.45) is 0 Å². The van der Waals surface area contributed by atoms with Gasteiger partial charge in [0, 0.05) is 17.3 Å². The second-order valence-electron chi connectivity index (χ2n) is 5.32. The summed E-state index contributed by atoms with van der Waals surface area (Å²) < 4.78 is 15.6. The van der Waals surface area contributed by atoms with Crippen LogP contribution in [0, 0.1) is 11.3 Å². The molecule has 0 aliphatic carbocycles. The lowest BCUT2D eigenvalue weighted by molar-refractivity contribution is -0.112. The molecule has 0 saturated carbocycles. The topological polar surface area (TPSA) is 80.6 Å². The number of amides is 1. The van der Waals surface area contributed by atoms with E-state index < -0.39 is 5.91 Å². The van der Waals surface area contributed by atoms with E-state index in [4.69, 9.17) is 14.2 Å². The van der Waals surface area contributed by atoms with E-state index in [2.05, 4.69) is 5.32 Å². The Hall–Kier alpha value is -3.72. The fourth-order valence-electron chi connectivity index (χ4n) is 2.33. The minimum absolute atomic E-state index is 0.0315. The highest BCUT2D eigenvalue weighted by molar-refractivity contribution is 6.07. The van der Waals surface area contributed by atoms with Gasteiger partial charge in [0.1, 0.15) is 17.4 Å². The Morgan fingerprint density at radius 2 is 1.70 bits per heavy atom. The summed E-state index contributed by atoms with van der Waals surface area (Å²) in [6, 6.07) is 14.3. The number of hydrogen-bond acceptors (Lipinski definition) is 5. The maximum Gasteiger partial charge on any atom is 0.266 e. The Morgan fingerprint density at radius 3 is 2.37 bits per heavy atom. The second kappa shape index (κ2) is 9.68. The highest BCUT2D eigenvalue weighted by atomic mass is 16.5. The molecule has 1 N–H and O–H groups in total. The second-order valence-corrected chi connectivity index (χ2v) is 5.32. The predicted molar refractivity (Wildman–Crippen MR) is 104 cm³/mol. The van der Waals surface area contributed by atoms with E-state index in [0.29, 0.717) is 22.9 Å². The Kier molecular flexibility index (Phi) is 7.03. The Morgan fingerprint density at radius 1 is 1.00 bits per heavy atom. The molecule has 0 aromatic heterocycles. The van der Waals surface area contributed by atoms with Gasteiger partial charge in [-0.1, -0.05) is 30.4 Å². The average molecular weight is 364 g/mol. The number of allylic oxidation sites excluding steroid dienone is 2. The summed E-state index contributed by atoms with van der Waals surface area (Å²) in [5.74, 6) is 1.21. The highest BCUT2D eigenvalue weighted by Crippen LogP contribution is 2.29. The summed E-state index contributed by atoms with van der Waals surface area (Å²) in [5.41, 5.74) is 1.30. The van der Waals surface area contributed by atoms with E-state index in [0.717, 1.165) is 5.56 Å². The third kappa shape index (κ3) is 5.13. The first-order chi connectivity index (χ1) is 13.1. The SMILES string of the molecule is COc1ccccc1/C=C/C=C(\C#N)C(=O)Nc1ccc(OC)c(OC)c1. The monoisotopic (exact) mass is 364 g/mol. The summed E-state index contributed by atoms with van der Waals surface area (Å²) >= 11 is 0. The number of carbonyl (C=O) groups is 1. The molecule has 0 unspecified atom stereocenters. The van der Waals surface area contributed by atoms with E-state index in [1.165, 1.54) is 20.3 Å². The number of nitriles is 1. The van der Waals surface area contributed by atoms with Crippen molar-refractivity contribution in [2.75, 3.05) is 26.6 Å². The summed E-state index contributed by atoms with van der Waals surface area (Å²) in [5, 5.41) is 11.9. The van der Waals surface area contributed by atoms with Gasteiger partial charge >= 0.3 is 0 Å². The molecule has 27 heavy (non-hydrogen) atoms. The number of rotatable bonds is 7. The minimum atomic E-state index is -0.519. The van der Waals surface area contributed by atoms with E-state index in [1.807, 2.05) is 30.3 Å². The van der Waals surface area contributed by atoms with Crippen molar-refractivity contribution in [3.8, 4) is 23.3 Å². The standard InChI is InChI=1S/C21H20N2O4/c1-25-18-10-5-4-7-15(18)8-6-9-16(14-22)21(24)23-17-11-12-19(26-2)20(13-17)27-3/h4-13H,1-3H3,(H,23,24)/b8-6+,16-9+. The van der Waals surface area contributed by atoms with E-state index in [-0.39, 0.29) is 5.57 Å². The molecule has 0 saturated heterocycles. The van der Waals surface area contributed by atoms with Gasteiger partial charge in [-0.05, 0) is 24.3 Å². The third-order valence-electron chi connectivity index (χ3n) is 3.68. The first kappa shape index (κ1) is 19.6. The highest BCUT2D eigenvalue weighted by Gasteiger charge is 2.11. The number of para-hydroxylation sites is 1. The molecule has 0 heterocycles. The van der Waals surface area contributed by atoms with Crippen LogP contribution in [0.15, 0.2) is 60.2 Å². The molecule has 0 radical (unpaired) electrons. The number of nitrogens with zero attached hydrogens (tertiary/aromatic N) is 1. The fraction of sp³-hybridized carbons (Fsp3) is 0.143. The van der Waals surface area contributed by atoms with Crippen molar-refractivity contribution >= 4 is 17.7 Å². The number of hydrogen-bond donors (Lipinski definition) is 1. The Balaban J connectivity index is 2.15. The Labute approximate surface area is 158 Å². The van der Waals surface area contributed by atoms with Crippen molar-refractivity contribution < 1.29 is 19.0 Å². The molecular formula is C21H20N2O4. The molecule has 0 atom stereocenters. The van der Waals surface area contributed by atoms with Crippen molar-refractivity contribution in [3.05, 3.63) is 65.8 Å². The van der Waals surface area contributed by atoms with Crippen molar-refractivity contribution in [1.82, 2.24) is 0 Å². The first-order valence-corrected chi connectivity index (χ1v) is 8.07. The molecule has 0 aliphatic heterocycles. The van der Waals surface area contributed by atoms with Gasteiger partial charge in [0.2, 0.25) is 0 Å². The number of carbonyl (C=O) groups excluding carboxylic acids is 1. The van der Waals surface area contributed by atoms with Crippen LogP contribution in [0.25, 0.3) is 6.08 Å². The molecule has 2 rings (SSSR count). The minimum Gasteiger partial charge on any atom is -0.496 e. The first-order valence-electron chi connectivity index (χ1n) is 8.07. The van der Waals surface area contributed by atoms with Crippen LogP contribution in [0.5, 0.6) is 17.2 Å². The maximum atomic E-state index is 12.3. The number of methoxy groups -OCH3 is 3. The number of nitrogens with one attached hydrogen (secondary N) is 1. The number of benzene rings is 2. The maximum absolute atomic E-state index is 12.3. The largest absolute Gasteiger partial charge is 0.496 e.